The highest BCUT2D eigenvalue weighted by molar-refractivity contribution is 5.80. The van der Waals surface area contributed by atoms with Crippen molar-refractivity contribution in [3.8, 4) is 11.1 Å². The first-order valence-corrected chi connectivity index (χ1v) is 11.3. The number of nitrogens with one attached hydrogen (secondary N) is 1. The summed E-state index contributed by atoms with van der Waals surface area (Å²) in [7, 11) is 1.64. The van der Waals surface area contributed by atoms with Crippen molar-refractivity contribution in [1.29, 1.82) is 0 Å². The molecule has 0 aliphatic carbocycles. The van der Waals surface area contributed by atoms with Crippen LogP contribution in [0, 0.1) is 6.92 Å². The minimum absolute atomic E-state index is 0.106. The fourth-order valence-corrected chi connectivity index (χ4v) is 4.35. The van der Waals surface area contributed by atoms with Crippen molar-refractivity contribution < 1.29 is 14.3 Å². The summed E-state index contributed by atoms with van der Waals surface area (Å²) in [6, 6.07) is 9.79. The maximum absolute atomic E-state index is 12.7. The molecule has 8 nitrogen and oxygen atoms in total. The molecule has 33 heavy (non-hydrogen) atoms. The van der Waals surface area contributed by atoms with Crippen LogP contribution in [0.2, 0.25) is 0 Å². The van der Waals surface area contributed by atoms with E-state index in [0.717, 1.165) is 40.9 Å². The van der Waals surface area contributed by atoms with E-state index in [9.17, 15) is 9.59 Å². The van der Waals surface area contributed by atoms with Crippen molar-refractivity contribution in [1.82, 2.24) is 19.5 Å². The molecule has 1 fully saturated rings. The summed E-state index contributed by atoms with van der Waals surface area (Å²) in [4.78, 5) is 29.8. The van der Waals surface area contributed by atoms with Crippen molar-refractivity contribution in [3.05, 3.63) is 57.6 Å². The fraction of sp³-hybridized carbons (Fsp3) is 0.480. The van der Waals surface area contributed by atoms with Crippen LogP contribution in [0.4, 0.5) is 4.79 Å². The average Bonchev–Trinajstić information content (AvgIpc) is 3.11. The van der Waals surface area contributed by atoms with Gasteiger partial charge in [-0.15, -0.1) is 0 Å². The largest absolute Gasteiger partial charge is 0.444 e. The summed E-state index contributed by atoms with van der Waals surface area (Å²) in [5, 5.41) is 4.84. The average molecular weight is 453 g/mol. The van der Waals surface area contributed by atoms with Crippen LogP contribution in [0.15, 0.2) is 35.1 Å². The van der Waals surface area contributed by atoms with E-state index in [0.29, 0.717) is 25.3 Å². The molecule has 0 saturated carbocycles. The maximum Gasteiger partial charge on any atom is 0.410 e. The maximum atomic E-state index is 12.7. The summed E-state index contributed by atoms with van der Waals surface area (Å²) in [6.07, 6.45) is 1.17. The first-order valence-electron chi connectivity index (χ1n) is 11.3. The van der Waals surface area contributed by atoms with Crippen molar-refractivity contribution in [2.75, 3.05) is 20.2 Å². The van der Waals surface area contributed by atoms with Crippen LogP contribution >= 0.6 is 0 Å². The molecule has 1 aromatic carbocycles. The number of H-pyrrole nitrogens is 1. The Kier molecular flexibility index (Phi) is 6.30. The van der Waals surface area contributed by atoms with Crippen molar-refractivity contribution in [3.63, 3.8) is 0 Å². The quantitative estimate of drug-likeness (QED) is 0.639. The third-order valence-electron chi connectivity index (χ3n) is 5.91. The number of hydrogen-bond acceptors (Lipinski definition) is 5. The van der Waals surface area contributed by atoms with Gasteiger partial charge in [0, 0.05) is 32.2 Å². The first-order chi connectivity index (χ1) is 15.7. The number of likely N-dealkylation sites (tertiary alicyclic amines) is 1. The first kappa shape index (κ1) is 23.0. The van der Waals surface area contributed by atoms with Gasteiger partial charge >= 0.3 is 6.09 Å². The lowest BCUT2D eigenvalue weighted by Gasteiger charge is -2.33. The molecular weight excluding hydrogens is 420 g/mol. The molecule has 1 N–H and O–H groups in total. The van der Waals surface area contributed by atoms with Crippen molar-refractivity contribution in [2.45, 2.75) is 58.7 Å². The van der Waals surface area contributed by atoms with Gasteiger partial charge < -0.3 is 19.4 Å². The summed E-state index contributed by atoms with van der Waals surface area (Å²) < 4.78 is 12.8. The predicted molar refractivity (Wildman–Crippen MR) is 126 cm³/mol. The zero-order chi connectivity index (χ0) is 23.8. The van der Waals surface area contributed by atoms with Crippen LogP contribution in [0.25, 0.3) is 16.8 Å². The molecule has 3 heterocycles. The SMILES string of the molecule is COCc1nn2c(C3CCN(C(=O)OC(C)(C)C)CC3)cc(=O)[nH]c2c1-c1ccc(C)cc1. The molecule has 1 aliphatic heterocycles. The molecule has 2 aromatic heterocycles. The normalized spacial score (nSPS) is 15.2. The van der Waals surface area contributed by atoms with Crippen LogP contribution in [-0.2, 0) is 16.1 Å². The number of hydrogen-bond donors (Lipinski definition) is 1. The van der Waals surface area contributed by atoms with Gasteiger partial charge in [0.1, 0.15) is 11.2 Å². The monoisotopic (exact) mass is 452 g/mol. The van der Waals surface area contributed by atoms with Gasteiger partial charge in [0.05, 0.1) is 23.6 Å². The van der Waals surface area contributed by atoms with Gasteiger partial charge in [-0.3, -0.25) is 4.79 Å². The molecule has 3 aromatic rings. The van der Waals surface area contributed by atoms with E-state index in [2.05, 4.69) is 4.98 Å². The van der Waals surface area contributed by atoms with E-state index in [1.165, 1.54) is 0 Å². The van der Waals surface area contributed by atoms with Crippen LogP contribution in [-0.4, -0.2) is 51.4 Å². The Bertz CT molecular complexity index is 1200. The third-order valence-corrected chi connectivity index (χ3v) is 5.91. The molecular formula is C25H32N4O4. The summed E-state index contributed by atoms with van der Waals surface area (Å²) in [6.45, 7) is 9.13. The number of aromatic amines is 1. The van der Waals surface area contributed by atoms with Crippen LogP contribution in [0.5, 0.6) is 0 Å². The number of piperidine rings is 1. The molecule has 0 spiro atoms. The molecule has 0 atom stereocenters. The smallest absolute Gasteiger partial charge is 0.410 e. The Hall–Kier alpha value is -3.13. The number of carbonyl (C=O) groups is 1. The van der Waals surface area contributed by atoms with E-state index < -0.39 is 5.60 Å². The molecule has 8 heteroatoms. The van der Waals surface area contributed by atoms with Gasteiger partial charge in [0.25, 0.3) is 5.56 Å². The zero-order valence-electron chi connectivity index (χ0n) is 20.0. The number of aromatic nitrogens is 3. The molecule has 1 amide bonds. The highest BCUT2D eigenvalue weighted by Crippen LogP contribution is 2.33. The third kappa shape index (κ3) is 4.95. The summed E-state index contributed by atoms with van der Waals surface area (Å²) >= 11 is 0. The topological polar surface area (TPSA) is 88.9 Å². The second kappa shape index (κ2) is 9.02. The molecule has 1 saturated heterocycles. The Labute approximate surface area is 193 Å². The number of benzene rings is 1. The Morgan fingerprint density at radius 1 is 1.18 bits per heavy atom. The van der Waals surface area contributed by atoms with Gasteiger partial charge in [0.15, 0.2) is 0 Å². The van der Waals surface area contributed by atoms with Gasteiger partial charge in [-0.25, -0.2) is 9.31 Å². The molecule has 0 unspecified atom stereocenters. The van der Waals surface area contributed by atoms with Crippen molar-refractivity contribution >= 4 is 11.7 Å². The number of ether oxygens (including phenoxy) is 2. The molecule has 4 rings (SSSR count). The standard InChI is InChI=1S/C25H32N4O4/c1-16-6-8-18(9-7-16)22-19(15-32-5)27-29-20(14-21(30)26-23(22)29)17-10-12-28(13-11-17)24(31)33-25(2,3)4/h6-9,14,17H,10-13,15H2,1-5H3,(H,26,30). The number of aryl methyl sites for hydroxylation is 1. The predicted octanol–water partition coefficient (Wildman–Crippen LogP) is 4.26. The van der Waals surface area contributed by atoms with Crippen LogP contribution < -0.4 is 5.56 Å². The number of nitrogens with zero attached hydrogens (tertiary/aromatic N) is 3. The Balaban J connectivity index is 1.68. The van der Waals surface area contributed by atoms with Gasteiger partial charge in [-0.05, 0) is 46.1 Å². The van der Waals surface area contributed by atoms with E-state index in [4.69, 9.17) is 14.6 Å². The lowest BCUT2D eigenvalue weighted by molar-refractivity contribution is 0.0203. The van der Waals surface area contributed by atoms with Gasteiger partial charge in [-0.2, -0.15) is 5.10 Å². The molecule has 1 aliphatic rings. The minimum Gasteiger partial charge on any atom is -0.444 e. The summed E-state index contributed by atoms with van der Waals surface area (Å²) in [5.74, 6) is 0.106. The van der Waals surface area contributed by atoms with Gasteiger partial charge in [0.2, 0.25) is 0 Å². The zero-order valence-corrected chi connectivity index (χ0v) is 20.0. The number of methoxy groups -OCH3 is 1. The Morgan fingerprint density at radius 3 is 2.45 bits per heavy atom. The van der Waals surface area contributed by atoms with E-state index in [1.807, 2.05) is 56.5 Å². The number of amides is 1. The van der Waals surface area contributed by atoms with Crippen LogP contribution in [0.3, 0.4) is 0 Å². The van der Waals surface area contributed by atoms with Gasteiger partial charge in [-0.1, -0.05) is 29.8 Å². The number of fused-ring (bicyclic) bond motifs is 1. The Morgan fingerprint density at radius 2 is 1.85 bits per heavy atom. The van der Waals surface area contributed by atoms with Crippen LogP contribution in [0.1, 0.15) is 56.5 Å². The van der Waals surface area contributed by atoms with E-state index >= 15 is 0 Å². The molecule has 0 radical (unpaired) electrons. The lowest BCUT2D eigenvalue weighted by atomic mass is 9.93. The highest BCUT2D eigenvalue weighted by atomic mass is 16.6. The highest BCUT2D eigenvalue weighted by Gasteiger charge is 2.29. The van der Waals surface area contributed by atoms with E-state index in [1.54, 1.807) is 18.1 Å². The molecule has 176 valence electrons. The fourth-order valence-electron chi connectivity index (χ4n) is 4.35. The number of rotatable bonds is 4. The lowest BCUT2D eigenvalue weighted by Crippen LogP contribution is -2.41. The summed E-state index contributed by atoms with van der Waals surface area (Å²) in [5.41, 5.74) is 4.63. The second-order valence-corrected chi connectivity index (χ2v) is 9.68. The second-order valence-electron chi connectivity index (χ2n) is 9.68. The molecule has 0 bridgehead atoms. The minimum atomic E-state index is -0.522. The van der Waals surface area contributed by atoms with E-state index in [-0.39, 0.29) is 17.6 Å². The van der Waals surface area contributed by atoms with Crippen molar-refractivity contribution in [2.24, 2.45) is 0 Å². The number of carbonyl (C=O) groups excluding carboxylic acids is 1.